The van der Waals surface area contributed by atoms with Crippen molar-refractivity contribution in [3.05, 3.63) is 473 Å². The summed E-state index contributed by atoms with van der Waals surface area (Å²) >= 11 is 3.49. The molecule has 10 heterocycles. The first-order valence-electron chi connectivity index (χ1n) is 48.4. The first-order valence-corrected chi connectivity index (χ1v) is 50.0. The van der Waals surface area contributed by atoms with Gasteiger partial charge < -0.3 is 8.83 Å². The van der Waals surface area contributed by atoms with Gasteiger partial charge in [-0.2, -0.15) is 0 Å². The molecule has 28 aromatic rings. The molecule has 20 heteroatoms. The summed E-state index contributed by atoms with van der Waals surface area (Å²) in [5.74, 6) is 8.87. The van der Waals surface area contributed by atoms with E-state index in [2.05, 4.69) is 115 Å². The molecule has 0 aliphatic heterocycles. The van der Waals surface area contributed by atoms with Crippen LogP contribution in [0, 0.1) is 0 Å². The second-order valence-corrected chi connectivity index (χ2v) is 37.5. The van der Waals surface area contributed by atoms with Crippen molar-refractivity contribution in [1.82, 2.24) is 79.7 Å². The largest absolute Gasteiger partial charge is 0.456 e. The molecule has 0 radical (unpaired) electrons. The number of nitrogens with zero attached hydrogens (tertiary/aromatic N) is 16. The van der Waals surface area contributed by atoms with Crippen LogP contribution >= 0.6 is 22.7 Å². The lowest BCUT2D eigenvalue weighted by atomic mass is 10.0. The predicted molar refractivity (Wildman–Crippen MR) is 597 cm³/mol. The van der Waals surface area contributed by atoms with Crippen LogP contribution in [0.15, 0.2) is 482 Å². The van der Waals surface area contributed by atoms with Gasteiger partial charge in [0.1, 0.15) is 28.0 Å². The van der Waals surface area contributed by atoms with Gasteiger partial charge in [-0.1, -0.05) is 413 Å². The van der Waals surface area contributed by atoms with Crippen molar-refractivity contribution in [2.75, 3.05) is 0 Å². The highest BCUT2D eigenvalue weighted by Gasteiger charge is 2.27. The van der Waals surface area contributed by atoms with Crippen LogP contribution in [0.5, 0.6) is 0 Å². The summed E-state index contributed by atoms with van der Waals surface area (Å²) in [4.78, 5) is 79.8. The lowest BCUT2D eigenvalue weighted by molar-refractivity contribution is 0.666. The molecule has 28 rings (SSSR count). The number of hydrogen-bond acceptors (Lipinski definition) is 20. The fourth-order valence-corrected chi connectivity index (χ4v) is 21.1. The van der Waals surface area contributed by atoms with E-state index in [4.69, 9.17) is 88.6 Å². The number of rotatable bonds is 17. The van der Waals surface area contributed by atoms with E-state index in [1.54, 1.807) is 22.7 Å². The van der Waals surface area contributed by atoms with Gasteiger partial charge in [0.2, 0.25) is 0 Å². The topological polar surface area (TPSA) is 233 Å². The van der Waals surface area contributed by atoms with Gasteiger partial charge in [-0.25, -0.2) is 79.7 Å². The van der Waals surface area contributed by atoms with Gasteiger partial charge in [-0.05, 0) is 60.7 Å². The fraction of sp³-hybridized carbons (Fsp3) is 0. The quantitative estimate of drug-likeness (QED) is 0.0824. The molecule has 0 aliphatic rings. The average molecular weight is 1940 g/mol. The van der Waals surface area contributed by atoms with Gasteiger partial charge in [-0.15, -0.1) is 22.7 Å². The maximum atomic E-state index is 6.55. The van der Waals surface area contributed by atoms with Crippen LogP contribution in [0.3, 0.4) is 0 Å². The minimum Gasteiger partial charge on any atom is -0.456 e. The van der Waals surface area contributed by atoms with Crippen molar-refractivity contribution in [1.29, 1.82) is 0 Å². The van der Waals surface area contributed by atoms with Crippen molar-refractivity contribution >= 4 is 107 Å². The van der Waals surface area contributed by atoms with Crippen LogP contribution in [-0.4, -0.2) is 79.7 Å². The summed E-state index contributed by atoms with van der Waals surface area (Å²) in [6, 6.07) is 159. The molecular weight excluding hydrogens is 1860 g/mol. The number of benzene rings is 18. The molecule has 0 saturated heterocycles. The molecule has 0 bridgehead atoms. The minimum absolute atomic E-state index is 0.572. The van der Waals surface area contributed by atoms with E-state index in [1.165, 1.54) is 0 Å². The average Bonchev–Trinajstić information content (AvgIpc) is 1.59. The molecule has 0 saturated carbocycles. The maximum Gasteiger partial charge on any atom is 0.180 e. The predicted octanol–water partition coefficient (Wildman–Crippen LogP) is 32.3. The third-order valence-corrected chi connectivity index (χ3v) is 28.2. The highest BCUT2D eigenvalue weighted by atomic mass is 32.1. The molecule has 0 unspecified atom stereocenters. The number of aromatic nitrogens is 16. The van der Waals surface area contributed by atoms with E-state index in [9.17, 15) is 0 Å². The fourth-order valence-electron chi connectivity index (χ4n) is 18.8. The third kappa shape index (κ3) is 17.5. The zero-order chi connectivity index (χ0) is 98.2. The van der Waals surface area contributed by atoms with E-state index in [0.717, 1.165) is 185 Å². The highest BCUT2D eigenvalue weighted by molar-refractivity contribution is 7.26. The van der Waals surface area contributed by atoms with Crippen LogP contribution in [0.4, 0.5) is 0 Å². The monoisotopic (exact) mass is 1930 g/mol. The maximum absolute atomic E-state index is 6.55. The van der Waals surface area contributed by atoms with E-state index >= 15 is 0 Å². The van der Waals surface area contributed by atoms with Crippen LogP contribution < -0.4 is 0 Å². The van der Waals surface area contributed by atoms with Crippen molar-refractivity contribution in [3.8, 4) is 193 Å². The Kier molecular flexibility index (Phi) is 23.2. The second kappa shape index (κ2) is 38.9. The van der Waals surface area contributed by atoms with Gasteiger partial charge in [0.15, 0.2) is 87.1 Å². The van der Waals surface area contributed by atoms with Crippen molar-refractivity contribution in [2.45, 2.75) is 0 Å². The summed E-state index contributed by atoms with van der Waals surface area (Å²) in [5, 5.41) is 7.33. The van der Waals surface area contributed by atoms with Crippen LogP contribution in [0.1, 0.15) is 0 Å². The lowest BCUT2D eigenvalue weighted by Gasteiger charge is -2.10. The second-order valence-electron chi connectivity index (χ2n) is 35.4. The molecule has 0 N–H and O–H groups in total. The summed E-state index contributed by atoms with van der Waals surface area (Å²) in [7, 11) is 0. The molecule has 0 amide bonds. The molecule has 18 nitrogen and oxygen atoms in total. The Bertz CT molecular complexity index is 9180. The van der Waals surface area contributed by atoms with Crippen LogP contribution in [-0.2, 0) is 0 Å². The Hall–Kier alpha value is -19.8. The van der Waals surface area contributed by atoms with Gasteiger partial charge in [0, 0.05) is 151 Å². The van der Waals surface area contributed by atoms with Crippen molar-refractivity contribution < 1.29 is 8.83 Å². The van der Waals surface area contributed by atoms with Gasteiger partial charge in [-0.3, -0.25) is 0 Å². The summed E-state index contributed by atoms with van der Waals surface area (Å²) in [6.07, 6.45) is 0. The molecule has 0 atom stereocenters. The minimum atomic E-state index is 0.572. The first kappa shape index (κ1) is 88.4. The van der Waals surface area contributed by atoms with Gasteiger partial charge >= 0.3 is 0 Å². The molecule has 0 aliphatic carbocycles. The molecule has 148 heavy (non-hydrogen) atoms. The van der Waals surface area contributed by atoms with Crippen molar-refractivity contribution in [2.24, 2.45) is 0 Å². The Labute approximate surface area is 855 Å². The first-order chi connectivity index (χ1) is 73.3. The summed E-state index contributed by atoms with van der Waals surface area (Å²) < 4.78 is 17.5. The standard InChI is InChI=1S/C43H25N5O2.C43H27N5S.C42H26N6S/c1-4-13-26(14-5-1)40-44-37(39-38(45-40)31-19-10-11-21-33(31)50-39)29-23-24-30-35(25-29)49-34-22-12-20-32(36(30)34)43-47-41(27-15-6-2-7-16-27)46-42(48-43)28-17-8-3-9-18-28;1-5-14-28(15-6-1)35-27-36(29-16-7-2-8-17-29)45-42(44-35)32-24-25-33-38(26-32)49-37-23-13-22-34(39(33)37)43-47-40(30-18-9-3-10-19-30)46-41(48-43)31-20-11-4-12-21-31;1-5-14-27(15-6-1)37-43-38(28-16-7-2-8-17-28)46-41(45-37)31-24-25-32-35(26-31)49-34-23-13-22-33(36(32)34)42-47-39(29-18-9-3-10-19-29)44-40(48-42)30-20-11-4-12-21-30/h1-25H;1-27H;1-26H. The van der Waals surface area contributed by atoms with Crippen LogP contribution in [0.25, 0.3) is 278 Å². The van der Waals surface area contributed by atoms with E-state index in [0.29, 0.717) is 92.8 Å². The highest BCUT2D eigenvalue weighted by Crippen LogP contribution is 2.47. The third-order valence-electron chi connectivity index (χ3n) is 25.9. The van der Waals surface area contributed by atoms with Gasteiger partial charge in [0.25, 0.3) is 0 Å². The Balaban J connectivity index is 0.000000112. The normalized spacial score (nSPS) is 11.4. The Morgan fingerprint density at radius 1 is 0.149 bits per heavy atom. The number of para-hydroxylation sites is 1. The number of thiophene rings is 2. The number of hydrogen-bond donors (Lipinski definition) is 0. The molecular formula is C128H78N16O2S2. The lowest BCUT2D eigenvalue weighted by Crippen LogP contribution is -2.00. The smallest absolute Gasteiger partial charge is 0.180 e. The molecule has 10 aromatic heterocycles. The molecule has 694 valence electrons. The molecule has 18 aromatic carbocycles. The summed E-state index contributed by atoms with van der Waals surface area (Å²) in [6.45, 7) is 0. The van der Waals surface area contributed by atoms with E-state index in [1.807, 2.05) is 358 Å². The Morgan fingerprint density at radius 2 is 0.426 bits per heavy atom. The zero-order valence-electron chi connectivity index (χ0n) is 78.8. The van der Waals surface area contributed by atoms with E-state index in [-0.39, 0.29) is 0 Å². The zero-order valence-corrected chi connectivity index (χ0v) is 80.5. The SMILES string of the molecule is c1ccc(-c2cc(-c3ccccc3)nc(-c3ccc4c(c3)sc3cccc(-c5nc(-c6ccccc6)nc(-c6ccccc6)n5)c34)n2)cc1.c1ccc(-c2nc(-c3ccccc3)nc(-c3ccc4c(c3)sc3cccc(-c5nc(-c6ccccc6)nc(-c6ccccc6)n5)c34)n2)cc1.c1ccc(-c2nc(-c3ccccc3)nc(-c3cccc4oc5cc(-c6nc(-c7ccccc7)nc7c6oc6ccccc67)ccc5c34)n2)cc1. The Morgan fingerprint density at radius 3 is 0.784 bits per heavy atom. The molecule has 0 spiro atoms. The molecule has 0 fully saturated rings. The van der Waals surface area contributed by atoms with E-state index < -0.39 is 0 Å². The van der Waals surface area contributed by atoms with Crippen LogP contribution in [0.2, 0.25) is 0 Å². The van der Waals surface area contributed by atoms with Gasteiger partial charge in [0.05, 0.1) is 11.4 Å². The summed E-state index contributed by atoms with van der Waals surface area (Å²) in [5.41, 5.74) is 22.2. The number of fused-ring (bicyclic) bond motifs is 12. The number of furan rings is 2. The van der Waals surface area contributed by atoms with Crippen molar-refractivity contribution in [3.63, 3.8) is 0 Å².